The van der Waals surface area contributed by atoms with Gasteiger partial charge < -0.3 is 14.5 Å². The first-order valence-corrected chi connectivity index (χ1v) is 7.76. The zero-order valence-corrected chi connectivity index (χ0v) is 13.7. The van der Waals surface area contributed by atoms with Gasteiger partial charge in [0.2, 0.25) is 11.8 Å². The van der Waals surface area contributed by atoms with Gasteiger partial charge in [0.15, 0.2) is 0 Å². The van der Waals surface area contributed by atoms with Gasteiger partial charge in [0.1, 0.15) is 18.8 Å². The molecule has 1 N–H and O–H groups in total. The molecule has 1 aromatic heterocycles. The molecule has 0 aromatic carbocycles. The molecule has 0 unspecified atom stereocenters. The van der Waals surface area contributed by atoms with Gasteiger partial charge >= 0.3 is 5.69 Å². The van der Waals surface area contributed by atoms with Gasteiger partial charge in [-0.25, -0.2) is 4.79 Å². The van der Waals surface area contributed by atoms with Crippen molar-refractivity contribution in [2.45, 2.75) is 25.5 Å². The minimum Gasteiger partial charge on any atom is -0.361 e. The van der Waals surface area contributed by atoms with Gasteiger partial charge in [0, 0.05) is 25.4 Å². The summed E-state index contributed by atoms with van der Waals surface area (Å²) < 4.78 is 6.89. The highest BCUT2D eigenvalue weighted by Gasteiger charge is 2.45. The number of likely N-dealkylation sites (tertiary alicyclic amines) is 1. The normalized spacial score (nSPS) is 24.0. The average molecular weight is 336 g/mol. The van der Waals surface area contributed by atoms with Crippen LogP contribution in [0.25, 0.3) is 0 Å². The summed E-state index contributed by atoms with van der Waals surface area (Å²) >= 11 is 0. The number of hydrogen-bond donors (Lipinski definition) is 1. The third-order valence-corrected chi connectivity index (χ3v) is 4.62. The topological polar surface area (TPSA) is 105 Å². The number of hydrogen-bond acceptors (Lipinski definition) is 5. The number of carbonyl (C=O) groups excluding carboxylic acids is 2. The van der Waals surface area contributed by atoms with Crippen LogP contribution in [0.5, 0.6) is 0 Å². The van der Waals surface area contributed by atoms with E-state index in [0.29, 0.717) is 31.6 Å². The Kier molecular flexibility index (Phi) is 4.04. The summed E-state index contributed by atoms with van der Waals surface area (Å²) in [5.74, 6) is -0.288. The van der Waals surface area contributed by atoms with E-state index in [0.717, 1.165) is 0 Å². The van der Waals surface area contributed by atoms with E-state index in [2.05, 4.69) is 4.98 Å². The summed E-state index contributed by atoms with van der Waals surface area (Å²) in [6.07, 6.45) is 2.03. The van der Waals surface area contributed by atoms with Gasteiger partial charge in [-0.1, -0.05) is 0 Å². The fourth-order valence-corrected chi connectivity index (χ4v) is 3.18. The quantitative estimate of drug-likeness (QED) is 0.693. The number of amides is 2. The van der Waals surface area contributed by atoms with E-state index in [1.54, 1.807) is 23.8 Å². The Morgan fingerprint density at radius 1 is 1.33 bits per heavy atom. The predicted octanol–water partition coefficient (Wildman–Crippen LogP) is -1.70. The Bertz CT molecular complexity index is 798. The van der Waals surface area contributed by atoms with Crippen molar-refractivity contribution in [1.29, 1.82) is 0 Å². The van der Waals surface area contributed by atoms with E-state index < -0.39 is 16.9 Å². The van der Waals surface area contributed by atoms with Crippen LogP contribution in [-0.2, 0) is 20.9 Å². The van der Waals surface area contributed by atoms with Crippen LogP contribution in [0.3, 0.4) is 0 Å². The summed E-state index contributed by atoms with van der Waals surface area (Å²) in [6.45, 7) is 2.82. The number of H-pyrrole nitrogens is 1. The Hall–Kier alpha value is -2.42. The Morgan fingerprint density at radius 2 is 2.08 bits per heavy atom. The van der Waals surface area contributed by atoms with E-state index in [4.69, 9.17) is 4.74 Å². The zero-order valence-electron chi connectivity index (χ0n) is 13.7. The van der Waals surface area contributed by atoms with Crippen LogP contribution < -0.4 is 11.2 Å². The second-order valence-corrected chi connectivity index (χ2v) is 6.49. The number of aryl methyl sites for hydroxylation is 1. The van der Waals surface area contributed by atoms with Gasteiger partial charge in [0.25, 0.3) is 5.56 Å². The van der Waals surface area contributed by atoms with Crippen molar-refractivity contribution in [3.05, 3.63) is 32.6 Å². The van der Waals surface area contributed by atoms with Crippen LogP contribution in [-0.4, -0.2) is 70.1 Å². The molecule has 0 bridgehead atoms. The van der Waals surface area contributed by atoms with Crippen molar-refractivity contribution >= 4 is 11.8 Å². The summed E-state index contributed by atoms with van der Waals surface area (Å²) in [5.41, 5.74) is -1.21. The Morgan fingerprint density at radius 3 is 2.79 bits per heavy atom. The Labute approximate surface area is 137 Å². The number of likely N-dealkylation sites (N-methyl/N-ethyl adjacent to an activating group) is 1. The lowest BCUT2D eigenvalue weighted by Gasteiger charge is -2.38. The molecule has 2 fully saturated rings. The first kappa shape index (κ1) is 16.4. The third-order valence-electron chi connectivity index (χ3n) is 4.62. The molecule has 2 aliphatic rings. The first-order valence-electron chi connectivity index (χ1n) is 7.76. The smallest absolute Gasteiger partial charge is 0.328 e. The average Bonchev–Trinajstić information content (AvgIpc) is 2.93. The van der Waals surface area contributed by atoms with E-state index in [1.807, 2.05) is 0 Å². The van der Waals surface area contributed by atoms with Crippen LogP contribution >= 0.6 is 0 Å². The highest BCUT2D eigenvalue weighted by Crippen LogP contribution is 2.29. The molecule has 9 heteroatoms. The molecule has 2 saturated heterocycles. The molecule has 0 aliphatic carbocycles. The van der Waals surface area contributed by atoms with Gasteiger partial charge in [0.05, 0.1) is 13.1 Å². The standard InChI is InChI=1S/C15H20N4O5/c1-10-5-19(14(23)16-13(10)22)6-11(20)18-4-3-15(9-18)8-17(2)12(21)7-24-15/h5H,3-4,6-9H2,1-2H3,(H,16,22,23)/t15-/m0/s1. The Balaban J connectivity index is 1.69. The molecule has 130 valence electrons. The molecule has 1 aromatic rings. The fraction of sp³-hybridized carbons (Fsp3) is 0.600. The summed E-state index contributed by atoms with van der Waals surface area (Å²) in [5, 5.41) is 0. The van der Waals surface area contributed by atoms with E-state index >= 15 is 0 Å². The van der Waals surface area contributed by atoms with Crippen molar-refractivity contribution in [2.24, 2.45) is 0 Å². The van der Waals surface area contributed by atoms with Gasteiger partial charge in [-0.2, -0.15) is 0 Å². The maximum atomic E-state index is 12.5. The summed E-state index contributed by atoms with van der Waals surface area (Å²) in [6, 6.07) is 0. The van der Waals surface area contributed by atoms with E-state index in [-0.39, 0.29) is 25.0 Å². The molecule has 2 amide bonds. The molecule has 2 aliphatic heterocycles. The summed E-state index contributed by atoms with van der Waals surface area (Å²) in [7, 11) is 1.72. The highest BCUT2D eigenvalue weighted by atomic mass is 16.5. The highest BCUT2D eigenvalue weighted by molar-refractivity contribution is 5.78. The van der Waals surface area contributed by atoms with Gasteiger partial charge in [-0.15, -0.1) is 0 Å². The number of aromatic nitrogens is 2. The number of nitrogens with zero attached hydrogens (tertiary/aromatic N) is 3. The number of rotatable bonds is 2. The minimum atomic E-state index is -0.605. The number of aromatic amines is 1. The molecular weight excluding hydrogens is 316 g/mol. The number of carbonyl (C=O) groups is 2. The SMILES string of the molecule is Cc1cn(CC(=O)N2CC[C@]3(CN(C)C(=O)CO3)C2)c(=O)[nH]c1=O. The molecule has 3 heterocycles. The maximum Gasteiger partial charge on any atom is 0.328 e. The van der Waals surface area contributed by atoms with Crippen molar-refractivity contribution in [2.75, 3.05) is 33.3 Å². The second-order valence-electron chi connectivity index (χ2n) is 6.49. The maximum absolute atomic E-state index is 12.5. The first-order chi connectivity index (χ1) is 11.3. The van der Waals surface area contributed by atoms with Crippen molar-refractivity contribution < 1.29 is 14.3 Å². The van der Waals surface area contributed by atoms with Crippen molar-refractivity contribution in [3.8, 4) is 0 Å². The van der Waals surface area contributed by atoms with Crippen LogP contribution in [0.1, 0.15) is 12.0 Å². The lowest BCUT2D eigenvalue weighted by atomic mass is 10.0. The molecule has 0 saturated carbocycles. The molecule has 1 spiro atoms. The molecule has 3 rings (SSSR count). The molecule has 9 nitrogen and oxygen atoms in total. The van der Waals surface area contributed by atoms with E-state index in [1.165, 1.54) is 10.8 Å². The van der Waals surface area contributed by atoms with Crippen LogP contribution in [0.2, 0.25) is 0 Å². The van der Waals surface area contributed by atoms with Crippen LogP contribution in [0.15, 0.2) is 15.8 Å². The number of ether oxygens (including phenoxy) is 1. The van der Waals surface area contributed by atoms with Crippen LogP contribution in [0.4, 0.5) is 0 Å². The van der Waals surface area contributed by atoms with Crippen molar-refractivity contribution in [1.82, 2.24) is 19.4 Å². The molecule has 1 atom stereocenters. The largest absolute Gasteiger partial charge is 0.361 e. The monoisotopic (exact) mass is 336 g/mol. The molecule has 0 radical (unpaired) electrons. The van der Waals surface area contributed by atoms with Crippen molar-refractivity contribution in [3.63, 3.8) is 0 Å². The minimum absolute atomic E-state index is 0.0249. The van der Waals surface area contributed by atoms with E-state index in [9.17, 15) is 19.2 Å². The number of morpholine rings is 1. The predicted molar refractivity (Wildman–Crippen MR) is 83.6 cm³/mol. The van der Waals surface area contributed by atoms with Gasteiger partial charge in [-0.3, -0.25) is 23.9 Å². The molecule has 24 heavy (non-hydrogen) atoms. The number of nitrogens with one attached hydrogen (secondary N) is 1. The third kappa shape index (κ3) is 2.99. The van der Waals surface area contributed by atoms with Crippen LogP contribution in [0, 0.1) is 6.92 Å². The zero-order chi connectivity index (χ0) is 17.5. The molecular formula is C15H20N4O5. The fourth-order valence-electron chi connectivity index (χ4n) is 3.18. The lowest BCUT2D eigenvalue weighted by Crippen LogP contribution is -2.54. The summed E-state index contributed by atoms with van der Waals surface area (Å²) in [4.78, 5) is 52.6. The second kappa shape index (κ2) is 5.90. The van der Waals surface area contributed by atoms with Gasteiger partial charge in [-0.05, 0) is 13.3 Å². The lowest BCUT2D eigenvalue weighted by molar-refractivity contribution is -0.159.